The molecular weight excluding hydrogens is 310 g/mol. The van der Waals surface area contributed by atoms with Crippen LogP contribution in [0.25, 0.3) is 0 Å². The lowest BCUT2D eigenvalue weighted by atomic mass is 9.78. The normalized spacial score (nSPS) is 19.7. The van der Waals surface area contributed by atoms with E-state index in [-0.39, 0.29) is 12.2 Å². The van der Waals surface area contributed by atoms with Crippen LogP contribution in [-0.2, 0) is 5.41 Å². The van der Waals surface area contributed by atoms with Crippen LogP contribution >= 0.6 is 15.9 Å². The van der Waals surface area contributed by atoms with Gasteiger partial charge >= 0.3 is 0 Å². The summed E-state index contributed by atoms with van der Waals surface area (Å²) >= 11 is 3.57. The number of ether oxygens (including phenoxy) is 3. The Hall–Kier alpha value is -0.940. The predicted molar refractivity (Wildman–Crippen MR) is 76.0 cm³/mol. The molecule has 3 rings (SSSR count). The zero-order valence-electron chi connectivity index (χ0n) is 11.0. The summed E-state index contributed by atoms with van der Waals surface area (Å²) in [5.41, 5.74) is 7.23. The minimum Gasteiger partial charge on any atom is -0.495 e. The molecule has 2 aliphatic rings. The molecule has 0 spiro atoms. The van der Waals surface area contributed by atoms with Crippen LogP contribution in [0.4, 0.5) is 0 Å². The average molecular weight is 328 g/mol. The lowest BCUT2D eigenvalue weighted by Crippen LogP contribution is -2.32. The molecule has 0 bridgehead atoms. The van der Waals surface area contributed by atoms with Crippen molar-refractivity contribution in [3.8, 4) is 17.2 Å². The average Bonchev–Trinajstić information content (AvgIpc) is 3.08. The van der Waals surface area contributed by atoms with Crippen molar-refractivity contribution in [2.45, 2.75) is 31.1 Å². The Morgan fingerprint density at radius 3 is 2.74 bits per heavy atom. The Labute approximate surface area is 121 Å². The van der Waals surface area contributed by atoms with E-state index in [0.29, 0.717) is 6.54 Å². The first-order valence-corrected chi connectivity index (χ1v) is 7.38. The van der Waals surface area contributed by atoms with E-state index in [4.69, 9.17) is 19.9 Å². The first-order valence-electron chi connectivity index (χ1n) is 6.58. The minimum atomic E-state index is 0.00877. The van der Waals surface area contributed by atoms with Gasteiger partial charge in [0.15, 0.2) is 11.5 Å². The molecule has 2 N–H and O–H groups in total. The van der Waals surface area contributed by atoms with E-state index >= 15 is 0 Å². The molecule has 1 heterocycles. The number of methoxy groups -OCH3 is 1. The third-order valence-corrected chi connectivity index (χ3v) is 5.01. The monoisotopic (exact) mass is 327 g/mol. The SMILES string of the molecule is COc1c(C2(CN)CCCC2)cc2c(c1Br)OCO2. The molecule has 1 aliphatic carbocycles. The number of nitrogens with two attached hydrogens (primary N) is 1. The Morgan fingerprint density at radius 1 is 1.37 bits per heavy atom. The van der Waals surface area contributed by atoms with Gasteiger partial charge in [-0.3, -0.25) is 0 Å². The molecule has 1 aliphatic heterocycles. The summed E-state index contributed by atoms with van der Waals surface area (Å²) in [5.74, 6) is 2.34. The lowest BCUT2D eigenvalue weighted by Gasteiger charge is -2.30. The van der Waals surface area contributed by atoms with Crippen LogP contribution in [-0.4, -0.2) is 20.4 Å². The van der Waals surface area contributed by atoms with E-state index in [1.165, 1.54) is 12.8 Å². The highest BCUT2D eigenvalue weighted by atomic mass is 79.9. The highest BCUT2D eigenvalue weighted by Gasteiger charge is 2.39. The van der Waals surface area contributed by atoms with Crippen LogP contribution < -0.4 is 19.9 Å². The molecule has 0 radical (unpaired) electrons. The zero-order valence-corrected chi connectivity index (χ0v) is 12.6. The van der Waals surface area contributed by atoms with Crippen molar-refractivity contribution in [3.05, 3.63) is 16.1 Å². The second-order valence-electron chi connectivity index (χ2n) is 5.20. The summed E-state index contributed by atoms with van der Waals surface area (Å²) < 4.78 is 17.4. The molecular formula is C14H18BrNO3. The Kier molecular flexibility index (Phi) is 3.35. The number of benzene rings is 1. The van der Waals surface area contributed by atoms with Gasteiger partial charge in [-0.05, 0) is 34.8 Å². The van der Waals surface area contributed by atoms with Gasteiger partial charge in [0, 0.05) is 17.5 Å². The summed E-state index contributed by atoms with van der Waals surface area (Å²) in [4.78, 5) is 0. The second kappa shape index (κ2) is 4.87. The van der Waals surface area contributed by atoms with Gasteiger partial charge in [-0.15, -0.1) is 0 Å². The smallest absolute Gasteiger partial charge is 0.231 e. The van der Waals surface area contributed by atoms with Gasteiger partial charge < -0.3 is 19.9 Å². The van der Waals surface area contributed by atoms with Gasteiger partial charge in [-0.1, -0.05) is 12.8 Å². The topological polar surface area (TPSA) is 53.7 Å². The second-order valence-corrected chi connectivity index (χ2v) is 5.99. The highest BCUT2D eigenvalue weighted by Crippen LogP contribution is 2.53. The summed E-state index contributed by atoms with van der Waals surface area (Å²) in [6.07, 6.45) is 4.64. The van der Waals surface area contributed by atoms with E-state index < -0.39 is 0 Å². The van der Waals surface area contributed by atoms with Crippen molar-refractivity contribution in [1.82, 2.24) is 0 Å². The molecule has 104 valence electrons. The fraction of sp³-hybridized carbons (Fsp3) is 0.571. The third-order valence-electron chi connectivity index (χ3n) is 4.29. The highest BCUT2D eigenvalue weighted by molar-refractivity contribution is 9.10. The quantitative estimate of drug-likeness (QED) is 0.927. The molecule has 1 fully saturated rings. The Bertz CT molecular complexity index is 498. The molecule has 4 nitrogen and oxygen atoms in total. The fourth-order valence-electron chi connectivity index (χ4n) is 3.21. The van der Waals surface area contributed by atoms with Crippen molar-refractivity contribution >= 4 is 15.9 Å². The largest absolute Gasteiger partial charge is 0.495 e. The standard InChI is InChI=1S/C14H18BrNO3/c1-17-12-9(14(7-16)4-2-3-5-14)6-10-13(11(12)15)19-8-18-10/h6H,2-5,7-8,16H2,1H3. The number of halogens is 1. The van der Waals surface area contributed by atoms with E-state index in [0.717, 1.165) is 40.1 Å². The maximum Gasteiger partial charge on any atom is 0.231 e. The van der Waals surface area contributed by atoms with E-state index in [9.17, 15) is 0 Å². The van der Waals surface area contributed by atoms with Gasteiger partial charge in [-0.2, -0.15) is 0 Å². The number of hydrogen-bond donors (Lipinski definition) is 1. The maximum atomic E-state index is 6.08. The molecule has 0 amide bonds. The zero-order chi connectivity index (χ0) is 13.5. The molecule has 1 saturated carbocycles. The van der Waals surface area contributed by atoms with Gasteiger partial charge in [0.05, 0.1) is 7.11 Å². The summed E-state index contributed by atoms with van der Waals surface area (Å²) in [6, 6.07) is 2.05. The van der Waals surface area contributed by atoms with E-state index in [2.05, 4.69) is 15.9 Å². The predicted octanol–water partition coefficient (Wildman–Crippen LogP) is 2.96. The molecule has 0 saturated heterocycles. The van der Waals surface area contributed by atoms with Crippen LogP contribution in [0.2, 0.25) is 0 Å². The van der Waals surface area contributed by atoms with Crippen LogP contribution in [0.15, 0.2) is 10.5 Å². The minimum absolute atomic E-state index is 0.00877. The first kappa shape index (κ1) is 13.1. The Morgan fingerprint density at radius 2 is 2.11 bits per heavy atom. The summed E-state index contributed by atoms with van der Waals surface area (Å²) in [5, 5.41) is 0. The molecule has 0 aromatic heterocycles. The number of rotatable bonds is 3. The number of fused-ring (bicyclic) bond motifs is 1. The Balaban J connectivity index is 2.17. The van der Waals surface area contributed by atoms with Crippen molar-refractivity contribution < 1.29 is 14.2 Å². The molecule has 1 aromatic rings. The number of hydrogen-bond acceptors (Lipinski definition) is 4. The van der Waals surface area contributed by atoms with Crippen LogP contribution in [0.1, 0.15) is 31.2 Å². The molecule has 0 unspecified atom stereocenters. The van der Waals surface area contributed by atoms with Crippen LogP contribution in [0.5, 0.6) is 17.2 Å². The summed E-state index contributed by atoms with van der Waals surface area (Å²) in [7, 11) is 1.69. The lowest BCUT2D eigenvalue weighted by molar-refractivity contribution is 0.173. The molecule has 1 aromatic carbocycles. The summed E-state index contributed by atoms with van der Waals surface area (Å²) in [6.45, 7) is 0.894. The van der Waals surface area contributed by atoms with Crippen LogP contribution in [0.3, 0.4) is 0 Å². The van der Waals surface area contributed by atoms with Gasteiger partial charge in [0.1, 0.15) is 10.2 Å². The molecule has 19 heavy (non-hydrogen) atoms. The van der Waals surface area contributed by atoms with Crippen molar-refractivity contribution in [2.24, 2.45) is 5.73 Å². The van der Waals surface area contributed by atoms with Crippen molar-refractivity contribution in [2.75, 3.05) is 20.4 Å². The third kappa shape index (κ3) is 1.91. The van der Waals surface area contributed by atoms with Crippen molar-refractivity contribution in [3.63, 3.8) is 0 Å². The first-order chi connectivity index (χ1) is 9.22. The van der Waals surface area contributed by atoms with Gasteiger partial charge in [-0.25, -0.2) is 0 Å². The van der Waals surface area contributed by atoms with Crippen LogP contribution in [0, 0.1) is 0 Å². The maximum absolute atomic E-state index is 6.08. The van der Waals surface area contributed by atoms with E-state index in [1.807, 2.05) is 6.07 Å². The molecule has 0 atom stereocenters. The van der Waals surface area contributed by atoms with Crippen molar-refractivity contribution in [1.29, 1.82) is 0 Å². The molecule has 5 heteroatoms. The van der Waals surface area contributed by atoms with E-state index in [1.54, 1.807) is 7.11 Å². The van der Waals surface area contributed by atoms with Gasteiger partial charge in [0.2, 0.25) is 6.79 Å². The fourth-order valence-corrected chi connectivity index (χ4v) is 3.90. The van der Waals surface area contributed by atoms with Gasteiger partial charge in [0.25, 0.3) is 0 Å².